The second-order valence-electron chi connectivity index (χ2n) is 6.60. The summed E-state index contributed by atoms with van der Waals surface area (Å²) in [6.07, 6.45) is 0.492. The average molecular weight is 347 g/mol. The summed E-state index contributed by atoms with van der Waals surface area (Å²) < 4.78 is 0. The van der Waals surface area contributed by atoms with Crippen molar-refractivity contribution in [3.8, 4) is 0 Å². The highest BCUT2D eigenvalue weighted by atomic mass is 16.2. The molecule has 2 atom stereocenters. The van der Waals surface area contributed by atoms with Crippen LogP contribution in [0.5, 0.6) is 0 Å². The van der Waals surface area contributed by atoms with E-state index in [4.69, 9.17) is 0 Å². The fraction of sp³-hybridized carbons (Fsp3) is 0.526. The number of hydrogen-bond donors (Lipinski definition) is 3. The van der Waals surface area contributed by atoms with Crippen molar-refractivity contribution in [3.05, 3.63) is 35.4 Å². The Labute approximate surface area is 149 Å². The van der Waals surface area contributed by atoms with Gasteiger partial charge in [0.05, 0.1) is 0 Å². The SMILES string of the molecule is CCNC(=O)[C@@H](C)NC(=O)[C@@H](CC(C)C)NC(=O)c1ccccc1C. The van der Waals surface area contributed by atoms with Crippen LogP contribution in [0.1, 0.15) is 50.0 Å². The fourth-order valence-electron chi connectivity index (χ4n) is 2.47. The Morgan fingerprint density at radius 2 is 1.64 bits per heavy atom. The standard InChI is InChI=1S/C19H29N3O3/c1-6-20-17(23)14(5)21-19(25)16(11-12(2)3)22-18(24)15-10-8-7-9-13(15)4/h7-10,12,14,16H,6,11H2,1-5H3,(H,20,23)(H,21,25)(H,22,24)/t14-,16-/m1/s1. The first kappa shape index (κ1) is 20.7. The van der Waals surface area contributed by atoms with Gasteiger partial charge in [-0.2, -0.15) is 0 Å². The largest absolute Gasteiger partial charge is 0.355 e. The molecule has 6 heteroatoms. The molecule has 1 aromatic carbocycles. The van der Waals surface area contributed by atoms with Crippen LogP contribution in [0.25, 0.3) is 0 Å². The third kappa shape index (κ3) is 6.57. The Bertz CT molecular complexity index is 614. The summed E-state index contributed by atoms with van der Waals surface area (Å²) in [7, 11) is 0. The van der Waals surface area contributed by atoms with E-state index in [1.165, 1.54) is 0 Å². The molecule has 0 unspecified atom stereocenters. The summed E-state index contributed by atoms with van der Waals surface area (Å²) in [5.74, 6) is -0.670. The second-order valence-corrected chi connectivity index (χ2v) is 6.60. The minimum Gasteiger partial charge on any atom is -0.355 e. The Balaban J connectivity index is 2.83. The van der Waals surface area contributed by atoms with Crippen LogP contribution < -0.4 is 16.0 Å². The molecule has 0 spiro atoms. The molecule has 3 amide bonds. The molecule has 3 N–H and O–H groups in total. The third-order valence-corrected chi connectivity index (χ3v) is 3.82. The summed E-state index contributed by atoms with van der Waals surface area (Å²) >= 11 is 0. The number of rotatable bonds is 8. The molecule has 6 nitrogen and oxygen atoms in total. The summed E-state index contributed by atoms with van der Waals surface area (Å²) in [5.41, 5.74) is 1.39. The van der Waals surface area contributed by atoms with Gasteiger partial charge in [0.2, 0.25) is 11.8 Å². The number of likely N-dealkylation sites (N-methyl/N-ethyl adjacent to an activating group) is 1. The molecule has 0 bridgehead atoms. The molecular weight excluding hydrogens is 318 g/mol. The highest BCUT2D eigenvalue weighted by Gasteiger charge is 2.25. The normalized spacial score (nSPS) is 13.0. The summed E-state index contributed by atoms with van der Waals surface area (Å²) in [6, 6.07) is 5.88. The number of carbonyl (C=O) groups excluding carboxylic acids is 3. The predicted octanol–water partition coefficient (Wildman–Crippen LogP) is 1.78. The van der Waals surface area contributed by atoms with Crippen LogP contribution >= 0.6 is 0 Å². The minimum atomic E-state index is -0.691. The average Bonchev–Trinajstić information content (AvgIpc) is 2.54. The summed E-state index contributed by atoms with van der Waals surface area (Å²) in [4.78, 5) is 36.9. The van der Waals surface area contributed by atoms with E-state index >= 15 is 0 Å². The van der Waals surface area contributed by atoms with Gasteiger partial charge in [-0.05, 0) is 44.7 Å². The maximum atomic E-state index is 12.5. The fourth-order valence-corrected chi connectivity index (χ4v) is 2.47. The number of carbonyl (C=O) groups is 3. The maximum Gasteiger partial charge on any atom is 0.252 e. The molecule has 0 aliphatic rings. The van der Waals surface area contributed by atoms with Crippen LogP contribution in [-0.4, -0.2) is 36.3 Å². The van der Waals surface area contributed by atoms with E-state index in [2.05, 4.69) is 16.0 Å². The van der Waals surface area contributed by atoms with E-state index < -0.39 is 12.1 Å². The quantitative estimate of drug-likeness (QED) is 0.670. The van der Waals surface area contributed by atoms with Gasteiger partial charge < -0.3 is 16.0 Å². The first-order chi connectivity index (χ1) is 11.8. The Hall–Kier alpha value is -2.37. The molecule has 0 heterocycles. The van der Waals surface area contributed by atoms with E-state index in [1.807, 2.05) is 39.8 Å². The van der Waals surface area contributed by atoms with Crippen LogP contribution in [0.2, 0.25) is 0 Å². The maximum absolute atomic E-state index is 12.5. The predicted molar refractivity (Wildman–Crippen MR) is 98.2 cm³/mol. The highest BCUT2D eigenvalue weighted by Crippen LogP contribution is 2.10. The lowest BCUT2D eigenvalue weighted by molar-refractivity contribution is -0.129. The number of amides is 3. The number of benzene rings is 1. The van der Waals surface area contributed by atoms with E-state index in [9.17, 15) is 14.4 Å². The molecular formula is C19H29N3O3. The van der Waals surface area contributed by atoms with Crippen LogP contribution in [0, 0.1) is 12.8 Å². The second kappa shape index (κ2) is 9.81. The van der Waals surface area contributed by atoms with Crippen LogP contribution in [0.4, 0.5) is 0 Å². The van der Waals surface area contributed by atoms with Crippen molar-refractivity contribution in [2.45, 2.75) is 53.1 Å². The van der Waals surface area contributed by atoms with Crippen molar-refractivity contribution in [2.24, 2.45) is 5.92 Å². The van der Waals surface area contributed by atoms with Crippen LogP contribution in [0.15, 0.2) is 24.3 Å². The lowest BCUT2D eigenvalue weighted by Crippen LogP contribution is -2.53. The smallest absolute Gasteiger partial charge is 0.252 e. The van der Waals surface area contributed by atoms with Gasteiger partial charge in [-0.1, -0.05) is 32.0 Å². The van der Waals surface area contributed by atoms with Crippen molar-refractivity contribution in [1.29, 1.82) is 0 Å². The van der Waals surface area contributed by atoms with Gasteiger partial charge >= 0.3 is 0 Å². The summed E-state index contributed by atoms with van der Waals surface area (Å²) in [5, 5.41) is 8.14. The van der Waals surface area contributed by atoms with Gasteiger partial charge in [-0.3, -0.25) is 14.4 Å². The van der Waals surface area contributed by atoms with Gasteiger partial charge in [0.1, 0.15) is 12.1 Å². The van der Waals surface area contributed by atoms with Crippen molar-refractivity contribution >= 4 is 17.7 Å². The van der Waals surface area contributed by atoms with Crippen molar-refractivity contribution in [2.75, 3.05) is 6.54 Å². The van der Waals surface area contributed by atoms with Gasteiger partial charge in [0, 0.05) is 12.1 Å². The van der Waals surface area contributed by atoms with E-state index in [1.54, 1.807) is 19.1 Å². The third-order valence-electron chi connectivity index (χ3n) is 3.82. The first-order valence-electron chi connectivity index (χ1n) is 8.70. The zero-order valence-corrected chi connectivity index (χ0v) is 15.7. The topological polar surface area (TPSA) is 87.3 Å². The number of nitrogens with one attached hydrogen (secondary N) is 3. The number of aryl methyl sites for hydroxylation is 1. The van der Waals surface area contributed by atoms with Crippen LogP contribution in [0.3, 0.4) is 0 Å². The Kier molecular flexibility index (Phi) is 8.11. The van der Waals surface area contributed by atoms with E-state index in [0.717, 1.165) is 5.56 Å². The molecule has 0 aromatic heterocycles. The molecule has 1 aromatic rings. The molecule has 1 rings (SSSR count). The Morgan fingerprint density at radius 1 is 1.00 bits per heavy atom. The lowest BCUT2D eigenvalue weighted by atomic mass is 10.0. The molecule has 0 saturated heterocycles. The van der Waals surface area contributed by atoms with E-state index in [0.29, 0.717) is 18.5 Å². The Morgan fingerprint density at radius 3 is 2.20 bits per heavy atom. The van der Waals surface area contributed by atoms with Gasteiger partial charge in [0.15, 0.2) is 0 Å². The molecule has 0 saturated carbocycles. The van der Waals surface area contributed by atoms with E-state index in [-0.39, 0.29) is 23.6 Å². The van der Waals surface area contributed by atoms with Crippen molar-refractivity contribution in [3.63, 3.8) is 0 Å². The van der Waals surface area contributed by atoms with Gasteiger partial charge in [0.25, 0.3) is 5.91 Å². The molecule has 0 aliphatic heterocycles. The number of hydrogen-bond acceptors (Lipinski definition) is 3. The molecule has 0 radical (unpaired) electrons. The monoisotopic (exact) mass is 347 g/mol. The molecule has 0 fully saturated rings. The minimum absolute atomic E-state index is 0.215. The zero-order chi connectivity index (χ0) is 19.0. The zero-order valence-electron chi connectivity index (χ0n) is 15.7. The molecule has 0 aliphatic carbocycles. The van der Waals surface area contributed by atoms with Crippen LogP contribution in [-0.2, 0) is 9.59 Å². The summed E-state index contributed by atoms with van der Waals surface area (Å²) in [6.45, 7) is 9.75. The lowest BCUT2D eigenvalue weighted by Gasteiger charge is -2.22. The molecule has 25 heavy (non-hydrogen) atoms. The first-order valence-corrected chi connectivity index (χ1v) is 8.70. The van der Waals surface area contributed by atoms with Crippen molar-refractivity contribution < 1.29 is 14.4 Å². The highest BCUT2D eigenvalue weighted by molar-refractivity contribution is 5.99. The van der Waals surface area contributed by atoms with Crippen molar-refractivity contribution in [1.82, 2.24) is 16.0 Å². The van der Waals surface area contributed by atoms with Gasteiger partial charge in [-0.25, -0.2) is 0 Å². The molecule has 138 valence electrons. The van der Waals surface area contributed by atoms with Gasteiger partial charge in [-0.15, -0.1) is 0 Å².